The van der Waals surface area contributed by atoms with Crippen LogP contribution in [0.15, 0.2) is 15.9 Å². The molecule has 0 radical (unpaired) electrons. The van der Waals surface area contributed by atoms with Crippen LogP contribution in [-0.4, -0.2) is 6.54 Å². The fraction of sp³-hybridized carbons (Fsp3) is 0.250. The third kappa shape index (κ3) is 2.66. The van der Waals surface area contributed by atoms with Crippen LogP contribution < -0.4 is 5.73 Å². The van der Waals surface area contributed by atoms with Crippen LogP contribution in [0.4, 0.5) is 0 Å². The van der Waals surface area contributed by atoms with Gasteiger partial charge in [0.2, 0.25) is 0 Å². The lowest BCUT2D eigenvalue weighted by atomic mass is 10.4. The summed E-state index contributed by atoms with van der Waals surface area (Å²) < 4.78 is 1.08. The van der Waals surface area contributed by atoms with Gasteiger partial charge in [-0.25, -0.2) is 0 Å². The van der Waals surface area contributed by atoms with Gasteiger partial charge in [-0.05, 0) is 27.4 Å². The van der Waals surface area contributed by atoms with Gasteiger partial charge in [0.1, 0.15) is 0 Å². The predicted molar refractivity (Wildman–Crippen MR) is 52.6 cm³/mol. The van der Waals surface area contributed by atoms with Crippen LogP contribution in [0.5, 0.6) is 0 Å². The van der Waals surface area contributed by atoms with Gasteiger partial charge in [-0.15, -0.1) is 11.3 Å². The molecule has 0 spiro atoms. The number of rotatable bonds is 1. The molecule has 0 aliphatic carbocycles. The van der Waals surface area contributed by atoms with Crippen LogP contribution in [-0.2, 0) is 0 Å². The largest absolute Gasteiger partial charge is 0.330 e. The minimum atomic E-state index is 0.635. The third-order valence-corrected chi connectivity index (χ3v) is 2.84. The molecule has 0 aromatic carbocycles. The molecule has 0 bridgehead atoms. The molecule has 1 nitrogen and oxygen atoms in total. The second kappa shape index (κ2) is 4.55. The van der Waals surface area contributed by atoms with Gasteiger partial charge in [0.15, 0.2) is 0 Å². The second-order valence-electron chi connectivity index (χ2n) is 1.94. The standard InChI is InChI=1S/C8H8BrNS/c9-7-4-6-11-8(7)3-1-2-5-10/h4,6H,2,5,10H2. The number of thiophene rings is 1. The van der Waals surface area contributed by atoms with Crippen molar-refractivity contribution in [2.75, 3.05) is 6.54 Å². The van der Waals surface area contributed by atoms with Gasteiger partial charge >= 0.3 is 0 Å². The van der Waals surface area contributed by atoms with Crippen molar-refractivity contribution in [3.63, 3.8) is 0 Å². The Hall–Kier alpha value is -0.300. The van der Waals surface area contributed by atoms with E-state index in [-0.39, 0.29) is 0 Å². The number of nitrogens with two attached hydrogens (primary N) is 1. The van der Waals surface area contributed by atoms with Gasteiger partial charge in [0, 0.05) is 17.4 Å². The zero-order chi connectivity index (χ0) is 8.10. The van der Waals surface area contributed by atoms with Gasteiger partial charge in [-0.2, -0.15) is 0 Å². The summed E-state index contributed by atoms with van der Waals surface area (Å²) in [7, 11) is 0. The first kappa shape index (κ1) is 8.79. The quantitative estimate of drug-likeness (QED) is 0.735. The molecule has 2 N–H and O–H groups in total. The predicted octanol–water partition coefficient (Wildman–Crippen LogP) is 2.21. The van der Waals surface area contributed by atoms with Crippen molar-refractivity contribution in [2.45, 2.75) is 6.42 Å². The molecule has 58 valence electrons. The number of halogens is 1. The van der Waals surface area contributed by atoms with Gasteiger partial charge < -0.3 is 5.73 Å². The lowest BCUT2D eigenvalue weighted by Crippen LogP contribution is -1.95. The van der Waals surface area contributed by atoms with Crippen molar-refractivity contribution in [2.24, 2.45) is 5.73 Å². The molecule has 1 rings (SSSR count). The topological polar surface area (TPSA) is 26.0 Å². The highest BCUT2D eigenvalue weighted by Gasteiger charge is 1.94. The van der Waals surface area contributed by atoms with Crippen molar-refractivity contribution >= 4 is 27.3 Å². The molecule has 0 fully saturated rings. The molecule has 1 heterocycles. The molecule has 0 atom stereocenters. The average Bonchev–Trinajstić information content (AvgIpc) is 2.37. The highest BCUT2D eigenvalue weighted by Crippen LogP contribution is 2.20. The van der Waals surface area contributed by atoms with E-state index < -0.39 is 0 Å². The SMILES string of the molecule is NCCC#Cc1sccc1Br. The normalized spacial score (nSPS) is 8.91. The van der Waals surface area contributed by atoms with Crippen LogP contribution in [0, 0.1) is 11.8 Å². The monoisotopic (exact) mass is 229 g/mol. The lowest BCUT2D eigenvalue weighted by molar-refractivity contribution is 1.03. The number of hydrogen-bond acceptors (Lipinski definition) is 2. The molecular weight excluding hydrogens is 222 g/mol. The van der Waals surface area contributed by atoms with E-state index in [0.29, 0.717) is 6.54 Å². The summed E-state index contributed by atoms with van der Waals surface area (Å²) >= 11 is 5.03. The number of hydrogen-bond donors (Lipinski definition) is 1. The van der Waals surface area contributed by atoms with Gasteiger partial charge in [0.25, 0.3) is 0 Å². The Morgan fingerprint density at radius 3 is 3.00 bits per heavy atom. The van der Waals surface area contributed by atoms with Crippen LogP contribution in [0.25, 0.3) is 0 Å². The summed E-state index contributed by atoms with van der Waals surface area (Å²) in [6.45, 7) is 0.635. The highest BCUT2D eigenvalue weighted by molar-refractivity contribution is 9.10. The van der Waals surface area contributed by atoms with Crippen LogP contribution in [0.2, 0.25) is 0 Å². The van der Waals surface area contributed by atoms with E-state index in [4.69, 9.17) is 5.73 Å². The van der Waals surface area contributed by atoms with Gasteiger partial charge in [0.05, 0.1) is 4.88 Å². The molecule has 1 aromatic rings. The Balaban J connectivity index is 2.65. The molecule has 0 saturated carbocycles. The molecule has 3 heteroatoms. The smallest absolute Gasteiger partial charge is 0.0910 e. The summed E-state index contributed by atoms with van der Waals surface area (Å²) in [5.41, 5.74) is 5.30. The Labute approximate surface area is 78.7 Å². The van der Waals surface area contributed by atoms with E-state index in [1.165, 1.54) is 0 Å². The molecule has 1 aromatic heterocycles. The van der Waals surface area contributed by atoms with Crippen LogP contribution in [0.3, 0.4) is 0 Å². The fourth-order valence-corrected chi connectivity index (χ4v) is 1.94. The van der Waals surface area contributed by atoms with E-state index >= 15 is 0 Å². The van der Waals surface area contributed by atoms with E-state index in [0.717, 1.165) is 15.8 Å². The maximum atomic E-state index is 5.30. The first-order valence-corrected chi connectivity index (χ1v) is 4.94. The van der Waals surface area contributed by atoms with E-state index in [1.807, 2.05) is 11.4 Å². The zero-order valence-electron chi connectivity index (χ0n) is 5.93. The molecule has 0 aliphatic heterocycles. The molecule has 11 heavy (non-hydrogen) atoms. The minimum absolute atomic E-state index is 0.635. The van der Waals surface area contributed by atoms with Crippen molar-refractivity contribution in [1.29, 1.82) is 0 Å². The second-order valence-corrected chi connectivity index (χ2v) is 3.71. The molecule has 0 unspecified atom stereocenters. The summed E-state index contributed by atoms with van der Waals surface area (Å²) in [5.74, 6) is 6.02. The summed E-state index contributed by atoms with van der Waals surface area (Å²) in [5, 5.41) is 2.01. The molecular formula is C8H8BrNS. The first-order valence-electron chi connectivity index (χ1n) is 3.26. The third-order valence-electron chi connectivity index (χ3n) is 1.09. The van der Waals surface area contributed by atoms with E-state index in [2.05, 4.69) is 27.8 Å². The summed E-state index contributed by atoms with van der Waals surface area (Å²) in [6, 6.07) is 2.00. The minimum Gasteiger partial charge on any atom is -0.330 e. The maximum Gasteiger partial charge on any atom is 0.0910 e. The highest BCUT2D eigenvalue weighted by atomic mass is 79.9. The van der Waals surface area contributed by atoms with Crippen LogP contribution in [0.1, 0.15) is 11.3 Å². The van der Waals surface area contributed by atoms with Crippen molar-refractivity contribution in [1.82, 2.24) is 0 Å². The maximum absolute atomic E-state index is 5.30. The van der Waals surface area contributed by atoms with E-state index in [9.17, 15) is 0 Å². The Morgan fingerprint density at radius 2 is 2.45 bits per heavy atom. The molecule has 0 amide bonds. The fourth-order valence-electron chi connectivity index (χ4n) is 0.598. The zero-order valence-corrected chi connectivity index (χ0v) is 8.33. The van der Waals surface area contributed by atoms with Crippen molar-refractivity contribution in [3.05, 3.63) is 20.8 Å². The van der Waals surface area contributed by atoms with E-state index in [1.54, 1.807) is 11.3 Å². The Kier molecular flexibility index (Phi) is 3.64. The van der Waals surface area contributed by atoms with Crippen molar-refractivity contribution < 1.29 is 0 Å². The lowest BCUT2D eigenvalue weighted by Gasteiger charge is -1.82. The Morgan fingerprint density at radius 1 is 1.64 bits per heavy atom. The average molecular weight is 230 g/mol. The van der Waals surface area contributed by atoms with Crippen LogP contribution >= 0.6 is 27.3 Å². The van der Waals surface area contributed by atoms with Crippen molar-refractivity contribution in [3.8, 4) is 11.8 Å². The van der Waals surface area contributed by atoms with Gasteiger partial charge in [-0.3, -0.25) is 0 Å². The first-order chi connectivity index (χ1) is 5.34. The molecule has 0 aliphatic rings. The summed E-state index contributed by atoms with van der Waals surface area (Å²) in [6.07, 6.45) is 0.768. The van der Waals surface area contributed by atoms with Gasteiger partial charge in [-0.1, -0.05) is 11.8 Å². The Bertz CT molecular complexity index is 282. The molecule has 0 saturated heterocycles. The summed E-state index contributed by atoms with van der Waals surface area (Å²) in [4.78, 5) is 1.08.